The smallest absolute Gasteiger partial charge is 0.0322 e. The third kappa shape index (κ3) is 1.77. The maximum absolute atomic E-state index is 2.26. The molecule has 0 spiro atoms. The van der Waals surface area contributed by atoms with Crippen molar-refractivity contribution in [1.29, 1.82) is 0 Å². The van der Waals surface area contributed by atoms with Crippen molar-refractivity contribution in [2.24, 2.45) is 5.92 Å². The zero-order valence-corrected chi connectivity index (χ0v) is 4.85. The van der Waals surface area contributed by atoms with Crippen molar-refractivity contribution >= 4 is 0 Å². The fraction of sp³-hybridized carbons (Fsp3) is 0.714. The van der Waals surface area contributed by atoms with E-state index < -0.39 is 0 Å². The Morgan fingerprint density at radius 2 is 2.29 bits per heavy atom. The van der Waals surface area contributed by atoms with Crippen LogP contribution in [0.5, 0.6) is 0 Å². The fourth-order valence-electron chi connectivity index (χ4n) is 0.682. The van der Waals surface area contributed by atoms with E-state index in [0.29, 0.717) is 0 Å². The van der Waals surface area contributed by atoms with E-state index in [4.69, 9.17) is 0 Å². The molecule has 1 aliphatic carbocycles. The van der Waals surface area contributed by atoms with Gasteiger partial charge in [0.15, 0.2) is 0 Å². The van der Waals surface area contributed by atoms with Gasteiger partial charge >= 0.3 is 0 Å². The van der Waals surface area contributed by atoms with Crippen LogP contribution in [0.4, 0.5) is 0 Å². The molecule has 1 aliphatic rings. The van der Waals surface area contributed by atoms with Crippen LogP contribution >= 0.6 is 0 Å². The third-order valence-corrected chi connectivity index (χ3v) is 1.40. The standard InChI is InChI=1S/C7H12/c1-2-3-4-7-5-6-7/h2-3,7H,4-6H2,1H3. The second-order valence-electron chi connectivity index (χ2n) is 2.25. The lowest BCUT2D eigenvalue weighted by atomic mass is 10.3. The van der Waals surface area contributed by atoms with Gasteiger partial charge in [-0.2, -0.15) is 0 Å². The van der Waals surface area contributed by atoms with Crippen molar-refractivity contribution in [1.82, 2.24) is 0 Å². The lowest BCUT2D eigenvalue weighted by molar-refractivity contribution is 0.862. The van der Waals surface area contributed by atoms with Crippen LogP contribution in [0.3, 0.4) is 0 Å². The van der Waals surface area contributed by atoms with Crippen LogP contribution in [-0.4, -0.2) is 0 Å². The van der Waals surface area contributed by atoms with Gasteiger partial charge in [0.25, 0.3) is 0 Å². The van der Waals surface area contributed by atoms with E-state index in [0.717, 1.165) is 5.92 Å². The molecule has 0 aliphatic heterocycles. The van der Waals surface area contributed by atoms with E-state index in [2.05, 4.69) is 19.1 Å². The third-order valence-electron chi connectivity index (χ3n) is 1.40. The van der Waals surface area contributed by atoms with Gasteiger partial charge in [0.1, 0.15) is 0 Å². The maximum atomic E-state index is 2.26. The lowest BCUT2D eigenvalue weighted by Crippen LogP contribution is -1.65. The summed E-state index contributed by atoms with van der Waals surface area (Å²) >= 11 is 0. The van der Waals surface area contributed by atoms with Crippen LogP contribution in [0.2, 0.25) is 0 Å². The van der Waals surface area contributed by atoms with Crippen molar-refractivity contribution in [2.45, 2.75) is 26.2 Å². The average Bonchev–Trinajstić information content (AvgIpc) is 2.42. The first-order valence-corrected chi connectivity index (χ1v) is 3.04. The Labute approximate surface area is 45.2 Å². The average molecular weight is 96.2 g/mol. The Bertz CT molecular complexity index is 68.1. The summed E-state index contributed by atoms with van der Waals surface area (Å²) in [7, 11) is 0. The van der Waals surface area contributed by atoms with Gasteiger partial charge in [-0.3, -0.25) is 0 Å². The van der Waals surface area contributed by atoms with E-state index in [1.807, 2.05) is 0 Å². The van der Waals surface area contributed by atoms with E-state index in [9.17, 15) is 0 Å². The maximum Gasteiger partial charge on any atom is -0.0322 e. The number of hydrogen-bond donors (Lipinski definition) is 0. The van der Waals surface area contributed by atoms with Gasteiger partial charge in [0.05, 0.1) is 0 Å². The molecule has 0 unspecified atom stereocenters. The van der Waals surface area contributed by atoms with Crippen LogP contribution in [0, 0.1) is 5.92 Å². The molecule has 0 aromatic rings. The summed E-state index contributed by atoms with van der Waals surface area (Å²) in [6.45, 7) is 2.09. The Hall–Kier alpha value is -0.260. The van der Waals surface area contributed by atoms with Gasteiger partial charge in [0.2, 0.25) is 0 Å². The first-order chi connectivity index (χ1) is 3.43. The molecule has 0 heterocycles. The highest BCUT2D eigenvalue weighted by Crippen LogP contribution is 2.32. The molecule has 0 nitrogen and oxygen atoms in total. The molecule has 0 atom stereocenters. The molecular formula is C7H12. The Kier molecular flexibility index (Phi) is 1.50. The molecule has 1 saturated carbocycles. The molecular weight excluding hydrogens is 84.1 g/mol. The van der Waals surface area contributed by atoms with Gasteiger partial charge in [-0.25, -0.2) is 0 Å². The summed E-state index contributed by atoms with van der Waals surface area (Å²) in [5.74, 6) is 1.07. The van der Waals surface area contributed by atoms with Crippen LogP contribution in [0.25, 0.3) is 0 Å². The summed E-state index contributed by atoms with van der Waals surface area (Å²) in [4.78, 5) is 0. The molecule has 0 amide bonds. The highest BCUT2D eigenvalue weighted by molar-refractivity contribution is 4.85. The molecule has 0 heteroatoms. The van der Waals surface area contributed by atoms with Gasteiger partial charge in [0, 0.05) is 0 Å². The van der Waals surface area contributed by atoms with Gasteiger partial charge in [-0.1, -0.05) is 12.2 Å². The predicted octanol–water partition coefficient (Wildman–Crippen LogP) is 2.36. The molecule has 0 bridgehead atoms. The molecule has 7 heavy (non-hydrogen) atoms. The summed E-state index contributed by atoms with van der Waals surface area (Å²) in [6.07, 6.45) is 8.68. The van der Waals surface area contributed by atoms with E-state index in [1.54, 1.807) is 0 Å². The SMILES string of the molecule is CC=CCC1CC1. The monoisotopic (exact) mass is 96.1 g/mol. The molecule has 40 valence electrons. The highest BCUT2D eigenvalue weighted by Gasteiger charge is 2.18. The van der Waals surface area contributed by atoms with Crippen molar-refractivity contribution in [3.05, 3.63) is 12.2 Å². The Morgan fingerprint density at radius 1 is 1.57 bits per heavy atom. The molecule has 1 fully saturated rings. The van der Waals surface area contributed by atoms with Crippen molar-refractivity contribution < 1.29 is 0 Å². The minimum atomic E-state index is 1.07. The van der Waals surface area contributed by atoms with Gasteiger partial charge < -0.3 is 0 Å². The van der Waals surface area contributed by atoms with Gasteiger partial charge in [-0.15, -0.1) is 0 Å². The molecule has 0 saturated heterocycles. The van der Waals surface area contributed by atoms with Crippen molar-refractivity contribution in [3.63, 3.8) is 0 Å². The van der Waals surface area contributed by atoms with E-state index in [-0.39, 0.29) is 0 Å². The first kappa shape index (κ1) is 4.89. The largest absolute Gasteiger partial charge is 0.0917 e. The molecule has 0 aromatic heterocycles. The number of hydrogen-bond acceptors (Lipinski definition) is 0. The Morgan fingerprint density at radius 3 is 2.71 bits per heavy atom. The summed E-state index contributed by atoms with van der Waals surface area (Å²) in [5, 5.41) is 0. The minimum absolute atomic E-state index is 1.07. The quantitative estimate of drug-likeness (QED) is 0.463. The normalized spacial score (nSPS) is 21.3. The molecule has 0 radical (unpaired) electrons. The van der Waals surface area contributed by atoms with Crippen LogP contribution in [0.1, 0.15) is 26.2 Å². The zero-order valence-electron chi connectivity index (χ0n) is 4.85. The predicted molar refractivity (Wildman–Crippen MR) is 32.2 cm³/mol. The number of allylic oxidation sites excluding steroid dienone is 2. The second kappa shape index (κ2) is 2.15. The molecule has 0 N–H and O–H groups in total. The van der Waals surface area contributed by atoms with E-state index in [1.165, 1.54) is 19.3 Å². The van der Waals surface area contributed by atoms with Crippen molar-refractivity contribution in [3.8, 4) is 0 Å². The minimum Gasteiger partial charge on any atom is -0.0917 e. The van der Waals surface area contributed by atoms with Crippen molar-refractivity contribution in [2.75, 3.05) is 0 Å². The zero-order chi connectivity index (χ0) is 5.11. The first-order valence-electron chi connectivity index (χ1n) is 3.04. The highest BCUT2D eigenvalue weighted by atomic mass is 14.2. The molecule has 0 aromatic carbocycles. The summed E-state index contributed by atoms with van der Waals surface area (Å²) in [5.41, 5.74) is 0. The van der Waals surface area contributed by atoms with E-state index >= 15 is 0 Å². The Balaban J connectivity index is 1.98. The van der Waals surface area contributed by atoms with Crippen LogP contribution < -0.4 is 0 Å². The van der Waals surface area contributed by atoms with Crippen LogP contribution in [-0.2, 0) is 0 Å². The van der Waals surface area contributed by atoms with Crippen LogP contribution in [0.15, 0.2) is 12.2 Å². The summed E-state index contributed by atoms with van der Waals surface area (Å²) in [6, 6.07) is 0. The second-order valence-corrected chi connectivity index (χ2v) is 2.25. The van der Waals surface area contributed by atoms with Gasteiger partial charge in [-0.05, 0) is 32.1 Å². The molecule has 1 rings (SSSR count). The summed E-state index contributed by atoms with van der Waals surface area (Å²) < 4.78 is 0. The topological polar surface area (TPSA) is 0 Å². The lowest BCUT2D eigenvalue weighted by Gasteiger charge is -1.79. The fourth-order valence-corrected chi connectivity index (χ4v) is 0.682. The number of rotatable bonds is 2.